The molecular formula is C19H35NO4. The summed E-state index contributed by atoms with van der Waals surface area (Å²) >= 11 is 0. The summed E-state index contributed by atoms with van der Waals surface area (Å²) in [4.78, 5) is 23.6. The van der Waals surface area contributed by atoms with Crippen LogP contribution in [0, 0.1) is 5.92 Å². The Balaban J connectivity index is 4.10. The highest BCUT2D eigenvalue weighted by Gasteiger charge is 2.23. The number of rotatable bonds is 13. The molecule has 0 fully saturated rings. The van der Waals surface area contributed by atoms with E-state index in [-0.39, 0.29) is 18.2 Å². The monoisotopic (exact) mass is 341 g/mol. The van der Waals surface area contributed by atoms with Crippen LogP contribution in [-0.2, 0) is 14.3 Å². The van der Waals surface area contributed by atoms with Crippen molar-refractivity contribution in [1.29, 1.82) is 0 Å². The van der Waals surface area contributed by atoms with E-state index in [4.69, 9.17) is 4.74 Å². The van der Waals surface area contributed by atoms with Gasteiger partial charge in [-0.15, -0.1) is 0 Å². The summed E-state index contributed by atoms with van der Waals surface area (Å²) in [5, 5.41) is 12.6. The molecule has 0 aliphatic carbocycles. The summed E-state index contributed by atoms with van der Waals surface area (Å²) in [6.07, 6.45) is 10.1. The Labute approximate surface area is 146 Å². The van der Waals surface area contributed by atoms with Crippen LogP contribution >= 0.6 is 0 Å². The second-order valence-electron chi connectivity index (χ2n) is 6.69. The lowest BCUT2D eigenvalue weighted by Crippen LogP contribution is -2.43. The molecule has 5 nitrogen and oxygen atoms in total. The topological polar surface area (TPSA) is 75.6 Å². The smallest absolute Gasteiger partial charge is 0.328 e. The molecule has 2 atom stereocenters. The Morgan fingerprint density at radius 1 is 1.17 bits per heavy atom. The summed E-state index contributed by atoms with van der Waals surface area (Å²) in [5.74, 6) is -0.511. The molecule has 0 bridgehead atoms. The third-order valence-electron chi connectivity index (χ3n) is 3.75. The molecule has 24 heavy (non-hydrogen) atoms. The van der Waals surface area contributed by atoms with Crippen molar-refractivity contribution in [2.75, 3.05) is 7.11 Å². The number of carbonyl (C=O) groups is 2. The van der Waals surface area contributed by atoms with E-state index in [0.29, 0.717) is 12.8 Å². The van der Waals surface area contributed by atoms with Gasteiger partial charge in [0.25, 0.3) is 0 Å². The van der Waals surface area contributed by atoms with Gasteiger partial charge in [0.1, 0.15) is 6.04 Å². The first-order chi connectivity index (χ1) is 11.4. The summed E-state index contributed by atoms with van der Waals surface area (Å²) in [7, 11) is 1.31. The molecule has 0 rings (SSSR count). The average Bonchev–Trinajstić information content (AvgIpc) is 2.52. The van der Waals surface area contributed by atoms with Crippen molar-refractivity contribution in [3.8, 4) is 0 Å². The highest BCUT2D eigenvalue weighted by molar-refractivity contribution is 5.84. The second-order valence-corrected chi connectivity index (χ2v) is 6.69. The number of amides is 1. The van der Waals surface area contributed by atoms with E-state index in [9.17, 15) is 14.7 Å². The fourth-order valence-corrected chi connectivity index (χ4v) is 2.44. The van der Waals surface area contributed by atoms with Gasteiger partial charge in [0.15, 0.2) is 0 Å². The number of esters is 1. The Morgan fingerprint density at radius 2 is 1.88 bits per heavy atom. The number of hydrogen-bond donors (Lipinski definition) is 2. The quantitative estimate of drug-likeness (QED) is 0.306. The van der Waals surface area contributed by atoms with Crippen LogP contribution in [0.3, 0.4) is 0 Å². The third kappa shape index (κ3) is 12.1. The average molecular weight is 341 g/mol. The van der Waals surface area contributed by atoms with Crippen LogP contribution < -0.4 is 5.32 Å². The maximum atomic E-state index is 12.0. The maximum absolute atomic E-state index is 12.0. The second kappa shape index (κ2) is 14.0. The molecule has 0 aliphatic heterocycles. The molecule has 140 valence electrons. The van der Waals surface area contributed by atoms with Crippen molar-refractivity contribution in [1.82, 2.24) is 5.32 Å². The molecule has 0 aromatic rings. The van der Waals surface area contributed by atoms with E-state index < -0.39 is 18.1 Å². The van der Waals surface area contributed by atoms with Crippen LogP contribution in [0.4, 0.5) is 0 Å². The largest absolute Gasteiger partial charge is 0.467 e. The molecule has 0 heterocycles. The number of hydrogen-bond acceptors (Lipinski definition) is 4. The van der Waals surface area contributed by atoms with Crippen molar-refractivity contribution in [2.24, 2.45) is 5.92 Å². The fourth-order valence-electron chi connectivity index (χ4n) is 2.44. The van der Waals surface area contributed by atoms with Crippen LogP contribution in [0.25, 0.3) is 0 Å². The number of nitrogens with one attached hydrogen (secondary N) is 1. The van der Waals surface area contributed by atoms with Gasteiger partial charge in [0, 0.05) is 0 Å². The van der Waals surface area contributed by atoms with Crippen molar-refractivity contribution < 1.29 is 19.4 Å². The number of methoxy groups -OCH3 is 1. The molecule has 0 spiro atoms. The molecule has 2 N–H and O–H groups in total. The van der Waals surface area contributed by atoms with E-state index in [1.54, 1.807) is 0 Å². The predicted octanol–water partition coefficient (Wildman–Crippen LogP) is 3.36. The number of unbranched alkanes of at least 4 members (excludes halogenated alkanes) is 4. The number of allylic oxidation sites excluding steroid dienone is 1. The first-order valence-corrected chi connectivity index (χ1v) is 9.10. The number of ether oxygens (including phenoxy) is 1. The van der Waals surface area contributed by atoms with Crippen molar-refractivity contribution in [3.05, 3.63) is 12.2 Å². The summed E-state index contributed by atoms with van der Waals surface area (Å²) < 4.78 is 4.71. The maximum Gasteiger partial charge on any atom is 0.328 e. The lowest BCUT2D eigenvalue weighted by molar-refractivity contribution is -0.145. The summed E-state index contributed by atoms with van der Waals surface area (Å²) in [6.45, 7) is 6.13. The van der Waals surface area contributed by atoms with Gasteiger partial charge < -0.3 is 15.2 Å². The fraction of sp³-hybridized carbons (Fsp3) is 0.789. The van der Waals surface area contributed by atoms with Crippen LogP contribution in [0.15, 0.2) is 12.2 Å². The zero-order valence-corrected chi connectivity index (χ0v) is 15.7. The number of aliphatic hydroxyl groups excluding tert-OH is 1. The van der Waals surface area contributed by atoms with Gasteiger partial charge in [-0.05, 0) is 31.6 Å². The minimum atomic E-state index is -0.728. The Morgan fingerprint density at radius 3 is 2.46 bits per heavy atom. The molecule has 0 aliphatic rings. The highest BCUT2D eigenvalue weighted by atomic mass is 16.5. The number of carbonyl (C=O) groups excluding carboxylic acids is 2. The van der Waals surface area contributed by atoms with E-state index >= 15 is 0 Å². The molecule has 0 aromatic carbocycles. The van der Waals surface area contributed by atoms with E-state index in [1.165, 1.54) is 26.4 Å². The highest BCUT2D eigenvalue weighted by Crippen LogP contribution is 2.08. The first kappa shape index (κ1) is 22.6. The van der Waals surface area contributed by atoms with Crippen molar-refractivity contribution >= 4 is 11.9 Å². The summed E-state index contributed by atoms with van der Waals surface area (Å²) in [5.41, 5.74) is 0. The van der Waals surface area contributed by atoms with Crippen LogP contribution in [0.1, 0.15) is 72.1 Å². The molecule has 1 amide bonds. The van der Waals surface area contributed by atoms with E-state index in [0.717, 1.165) is 12.8 Å². The Bertz CT molecular complexity index is 380. The van der Waals surface area contributed by atoms with Gasteiger partial charge in [0.05, 0.1) is 19.6 Å². The Kier molecular flexibility index (Phi) is 13.2. The predicted molar refractivity (Wildman–Crippen MR) is 96.5 cm³/mol. The van der Waals surface area contributed by atoms with Gasteiger partial charge in [-0.2, -0.15) is 0 Å². The lowest BCUT2D eigenvalue weighted by atomic mass is 10.0. The minimum absolute atomic E-state index is 0.00817. The third-order valence-corrected chi connectivity index (χ3v) is 3.75. The normalized spacial score (nSPS) is 13.9. The van der Waals surface area contributed by atoms with E-state index in [2.05, 4.69) is 18.3 Å². The molecule has 0 saturated carbocycles. The van der Waals surface area contributed by atoms with Crippen molar-refractivity contribution in [3.63, 3.8) is 0 Å². The molecule has 5 heteroatoms. The number of aliphatic hydroxyl groups is 1. The van der Waals surface area contributed by atoms with E-state index in [1.807, 2.05) is 19.9 Å². The molecule has 2 unspecified atom stereocenters. The molecule has 0 radical (unpaired) electrons. The zero-order valence-electron chi connectivity index (χ0n) is 15.7. The van der Waals surface area contributed by atoms with Gasteiger partial charge in [-0.1, -0.05) is 52.2 Å². The van der Waals surface area contributed by atoms with Crippen LogP contribution in [0.2, 0.25) is 0 Å². The van der Waals surface area contributed by atoms with Crippen molar-refractivity contribution in [2.45, 2.75) is 84.3 Å². The zero-order chi connectivity index (χ0) is 18.4. The van der Waals surface area contributed by atoms with Gasteiger partial charge in [-0.3, -0.25) is 4.79 Å². The molecule has 0 saturated heterocycles. The van der Waals surface area contributed by atoms with Gasteiger partial charge in [0.2, 0.25) is 5.91 Å². The Hall–Kier alpha value is -1.36. The molecule has 0 aromatic heterocycles. The van der Waals surface area contributed by atoms with Gasteiger partial charge in [-0.25, -0.2) is 4.79 Å². The standard InChI is InChI=1S/C19H35NO4/c1-5-6-7-8-9-10-11-12-16(21)14-18(22)20-17(13-15(2)3)19(23)24-4/h10-11,15-17,21H,5-9,12-14H2,1-4H3,(H,20,22)/b11-10+. The molecular weight excluding hydrogens is 306 g/mol. The SMILES string of the molecule is CCCCCC/C=C/CC(O)CC(=O)NC(CC(C)C)C(=O)OC. The van der Waals surface area contributed by atoms with Gasteiger partial charge >= 0.3 is 5.97 Å². The summed E-state index contributed by atoms with van der Waals surface area (Å²) in [6, 6.07) is -0.649. The first-order valence-electron chi connectivity index (χ1n) is 9.10. The minimum Gasteiger partial charge on any atom is -0.467 e. The van der Waals surface area contributed by atoms with Crippen LogP contribution in [-0.4, -0.2) is 36.2 Å². The van der Waals surface area contributed by atoms with Crippen LogP contribution in [0.5, 0.6) is 0 Å². The lowest BCUT2D eigenvalue weighted by Gasteiger charge is -2.19.